The predicted molar refractivity (Wildman–Crippen MR) is 140 cm³/mol. The molecule has 0 aromatic heterocycles. The van der Waals surface area contributed by atoms with Crippen molar-refractivity contribution in [2.45, 2.75) is 51.7 Å². The minimum absolute atomic E-state index is 0.185. The quantitative estimate of drug-likeness (QED) is 0.322. The van der Waals surface area contributed by atoms with Crippen LogP contribution in [0.5, 0.6) is 0 Å². The van der Waals surface area contributed by atoms with Gasteiger partial charge in [0.2, 0.25) is 0 Å². The zero-order valence-corrected chi connectivity index (χ0v) is 21.4. The summed E-state index contributed by atoms with van der Waals surface area (Å²) in [6, 6.07) is 29.7. The van der Waals surface area contributed by atoms with Crippen LogP contribution in [-0.4, -0.2) is 37.1 Å². The SMILES string of the molecule is CC(C)(C)OC(=O)NC(COCc1ccccc1)(COCc1ccccc1)COCc1ccccc1. The molecule has 0 saturated carbocycles. The van der Waals surface area contributed by atoms with Crippen molar-refractivity contribution >= 4 is 6.09 Å². The first kappa shape index (κ1) is 27.4. The minimum atomic E-state index is -0.958. The molecule has 0 atom stereocenters. The molecule has 1 N–H and O–H groups in total. The molecule has 3 aromatic rings. The van der Waals surface area contributed by atoms with Gasteiger partial charge in [-0.2, -0.15) is 0 Å². The van der Waals surface area contributed by atoms with Crippen LogP contribution in [0.2, 0.25) is 0 Å². The molecule has 192 valence electrons. The highest BCUT2D eigenvalue weighted by Gasteiger charge is 2.35. The van der Waals surface area contributed by atoms with Crippen LogP contribution in [-0.2, 0) is 38.8 Å². The summed E-state index contributed by atoms with van der Waals surface area (Å²) in [6.45, 7) is 7.25. The van der Waals surface area contributed by atoms with Gasteiger partial charge < -0.3 is 24.3 Å². The number of benzene rings is 3. The zero-order valence-electron chi connectivity index (χ0n) is 21.4. The lowest BCUT2D eigenvalue weighted by Gasteiger charge is -2.35. The molecule has 0 aliphatic heterocycles. The Hall–Kier alpha value is -3.19. The van der Waals surface area contributed by atoms with Crippen molar-refractivity contribution in [2.75, 3.05) is 19.8 Å². The van der Waals surface area contributed by atoms with Gasteiger partial charge in [-0.25, -0.2) is 4.79 Å². The first-order valence-electron chi connectivity index (χ1n) is 12.2. The molecule has 3 aromatic carbocycles. The van der Waals surface area contributed by atoms with E-state index in [-0.39, 0.29) is 19.8 Å². The number of hydrogen-bond donors (Lipinski definition) is 1. The Bertz CT molecular complexity index is 909. The second-order valence-corrected chi connectivity index (χ2v) is 9.84. The molecule has 0 radical (unpaired) electrons. The van der Waals surface area contributed by atoms with E-state index >= 15 is 0 Å². The van der Waals surface area contributed by atoms with Crippen molar-refractivity contribution in [1.82, 2.24) is 5.32 Å². The van der Waals surface area contributed by atoms with Gasteiger partial charge in [0.15, 0.2) is 0 Å². The number of nitrogens with one attached hydrogen (secondary N) is 1. The third kappa shape index (κ3) is 10.2. The van der Waals surface area contributed by atoms with Gasteiger partial charge >= 0.3 is 6.09 Å². The fourth-order valence-electron chi connectivity index (χ4n) is 3.57. The van der Waals surface area contributed by atoms with Crippen LogP contribution in [0, 0.1) is 0 Å². The molecule has 6 nitrogen and oxygen atoms in total. The standard InChI is InChI=1S/C30H37NO5/c1-29(2,3)36-28(32)31-30(22-33-19-25-13-7-4-8-14-25,23-34-20-26-15-9-5-10-16-26)24-35-21-27-17-11-6-12-18-27/h4-18H,19-24H2,1-3H3,(H,31,32). The molecule has 6 heteroatoms. The second-order valence-electron chi connectivity index (χ2n) is 9.84. The summed E-state index contributed by atoms with van der Waals surface area (Å²) < 4.78 is 23.8. The molecular formula is C30H37NO5. The summed E-state index contributed by atoms with van der Waals surface area (Å²) in [5, 5.41) is 3.01. The molecule has 0 unspecified atom stereocenters. The van der Waals surface area contributed by atoms with E-state index < -0.39 is 17.2 Å². The number of ether oxygens (including phenoxy) is 4. The van der Waals surface area contributed by atoms with Crippen LogP contribution in [0.15, 0.2) is 91.0 Å². The van der Waals surface area contributed by atoms with Gasteiger partial charge in [0.05, 0.1) is 39.6 Å². The maximum atomic E-state index is 12.9. The average Bonchev–Trinajstić information content (AvgIpc) is 2.85. The number of hydrogen-bond acceptors (Lipinski definition) is 5. The molecule has 0 heterocycles. The maximum absolute atomic E-state index is 12.9. The van der Waals surface area contributed by atoms with E-state index in [1.165, 1.54) is 0 Å². The Morgan fingerprint density at radius 2 is 0.944 bits per heavy atom. The van der Waals surface area contributed by atoms with Gasteiger partial charge in [-0.1, -0.05) is 91.0 Å². The monoisotopic (exact) mass is 491 g/mol. The minimum Gasteiger partial charge on any atom is -0.444 e. The van der Waals surface area contributed by atoms with Crippen molar-refractivity contribution in [3.05, 3.63) is 108 Å². The number of alkyl carbamates (subject to hydrolysis) is 1. The summed E-state index contributed by atoms with van der Waals surface area (Å²) in [4.78, 5) is 12.9. The van der Waals surface area contributed by atoms with Crippen LogP contribution in [0.25, 0.3) is 0 Å². The predicted octanol–water partition coefficient (Wildman–Crippen LogP) is 5.90. The van der Waals surface area contributed by atoms with Crippen molar-refractivity contribution in [2.24, 2.45) is 0 Å². The van der Waals surface area contributed by atoms with Gasteiger partial charge in [0.1, 0.15) is 11.1 Å². The van der Waals surface area contributed by atoms with Crippen LogP contribution in [0.4, 0.5) is 4.79 Å². The van der Waals surface area contributed by atoms with E-state index in [4.69, 9.17) is 18.9 Å². The van der Waals surface area contributed by atoms with Crippen LogP contribution >= 0.6 is 0 Å². The first-order valence-corrected chi connectivity index (χ1v) is 12.2. The molecule has 3 rings (SSSR count). The van der Waals surface area contributed by atoms with Crippen molar-refractivity contribution < 1.29 is 23.7 Å². The van der Waals surface area contributed by atoms with E-state index in [1.807, 2.05) is 112 Å². The van der Waals surface area contributed by atoms with Gasteiger partial charge in [-0.15, -0.1) is 0 Å². The summed E-state index contributed by atoms with van der Waals surface area (Å²) in [6.07, 6.45) is -0.544. The molecule has 36 heavy (non-hydrogen) atoms. The van der Waals surface area contributed by atoms with Gasteiger partial charge in [0, 0.05) is 0 Å². The molecule has 1 amide bonds. The van der Waals surface area contributed by atoms with Crippen LogP contribution in [0.3, 0.4) is 0 Å². The molecule has 0 saturated heterocycles. The molecule has 0 aliphatic rings. The van der Waals surface area contributed by atoms with E-state index in [9.17, 15) is 4.79 Å². The molecule has 0 bridgehead atoms. The van der Waals surface area contributed by atoms with Gasteiger partial charge in [-0.05, 0) is 37.5 Å². The van der Waals surface area contributed by atoms with E-state index in [2.05, 4.69) is 5.32 Å². The van der Waals surface area contributed by atoms with E-state index in [1.54, 1.807) is 0 Å². The average molecular weight is 492 g/mol. The lowest BCUT2D eigenvalue weighted by Crippen LogP contribution is -2.59. The summed E-state index contributed by atoms with van der Waals surface area (Å²) in [5.74, 6) is 0. The Morgan fingerprint density at radius 3 is 1.25 bits per heavy atom. The smallest absolute Gasteiger partial charge is 0.408 e. The highest BCUT2D eigenvalue weighted by molar-refractivity contribution is 5.69. The summed E-state index contributed by atoms with van der Waals surface area (Å²) in [7, 11) is 0. The normalized spacial score (nSPS) is 11.8. The Labute approximate surface area is 214 Å². The third-order valence-corrected chi connectivity index (χ3v) is 5.24. The van der Waals surface area contributed by atoms with Gasteiger partial charge in [0.25, 0.3) is 0 Å². The van der Waals surface area contributed by atoms with Gasteiger partial charge in [-0.3, -0.25) is 0 Å². The molecule has 0 fully saturated rings. The summed E-state index contributed by atoms with van der Waals surface area (Å²) >= 11 is 0. The van der Waals surface area contributed by atoms with Crippen LogP contribution < -0.4 is 5.32 Å². The second kappa shape index (κ2) is 13.8. The first-order chi connectivity index (χ1) is 17.3. The number of carbonyl (C=O) groups excluding carboxylic acids is 1. The highest BCUT2D eigenvalue weighted by Crippen LogP contribution is 2.16. The van der Waals surface area contributed by atoms with Crippen molar-refractivity contribution in [1.29, 1.82) is 0 Å². The Balaban J connectivity index is 1.74. The summed E-state index contributed by atoms with van der Waals surface area (Å²) in [5.41, 5.74) is 1.52. The highest BCUT2D eigenvalue weighted by atomic mass is 16.6. The number of carbonyl (C=O) groups is 1. The lowest BCUT2D eigenvalue weighted by atomic mass is 10.0. The van der Waals surface area contributed by atoms with Crippen molar-refractivity contribution in [3.8, 4) is 0 Å². The third-order valence-electron chi connectivity index (χ3n) is 5.24. The van der Waals surface area contributed by atoms with Crippen LogP contribution in [0.1, 0.15) is 37.5 Å². The molecule has 0 aliphatic carbocycles. The maximum Gasteiger partial charge on any atom is 0.408 e. The van der Waals surface area contributed by atoms with E-state index in [0.717, 1.165) is 16.7 Å². The lowest BCUT2D eigenvalue weighted by molar-refractivity contribution is -0.0537. The topological polar surface area (TPSA) is 66.0 Å². The largest absolute Gasteiger partial charge is 0.444 e. The number of amides is 1. The Morgan fingerprint density at radius 1 is 0.611 bits per heavy atom. The fraction of sp³-hybridized carbons (Fsp3) is 0.367. The zero-order chi connectivity index (χ0) is 25.7. The Kier molecular flexibility index (Phi) is 10.5. The van der Waals surface area contributed by atoms with Crippen molar-refractivity contribution in [3.63, 3.8) is 0 Å². The van der Waals surface area contributed by atoms with E-state index in [0.29, 0.717) is 19.8 Å². The molecule has 0 spiro atoms. The molecular weight excluding hydrogens is 454 g/mol. The number of rotatable bonds is 13. The fourth-order valence-corrected chi connectivity index (χ4v) is 3.57.